The molecule has 0 saturated carbocycles. The minimum Gasteiger partial charge on any atom is -0.497 e. The van der Waals surface area contributed by atoms with Crippen LogP contribution in [-0.2, 0) is 0 Å². The molecular formula is C15H15N5O. The lowest BCUT2D eigenvalue weighted by atomic mass is 10.2. The highest BCUT2D eigenvalue weighted by atomic mass is 16.5. The summed E-state index contributed by atoms with van der Waals surface area (Å²) in [6, 6.07) is 11.0. The van der Waals surface area contributed by atoms with Crippen molar-refractivity contribution >= 4 is 33.9 Å². The Kier molecular flexibility index (Phi) is 3.19. The minimum atomic E-state index is 0.510. The van der Waals surface area contributed by atoms with Crippen LogP contribution in [0.5, 0.6) is 5.75 Å². The van der Waals surface area contributed by atoms with E-state index in [0.717, 1.165) is 11.4 Å². The molecule has 1 heterocycles. The highest BCUT2D eigenvalue weighted by Crippen LogP contribution is 2.24. The van der Waals surface area contributed by atoms with Crippen LogP contribution >= 0.6 is 0 Å². The molecule has 5 N–H and O–H groups in total. The van der Waals surface area contributed by atoms with E-state index < -0.39 is 0 Å². The van der Waals surface area contributed by atoms with Crippen LogP contribution in [0, 0.1) is 0 Å². The molecule has 0 unspecified atom stereocenters. The Balaban J connectivity index is 1.93. The Morgan fingerprint density at radius 2 is 1.86 bits per heavy atom. The molecule has 0 radical (unpaired) electrons. The van der Waals surface area contributed by atoms with Gasteiger partial charge in [-0.1, -0.05) is 0 Å². The number of rotatable bonds is 3. The molecular weight excluding hydrogens is 266 g/mol. The summed E-state index contributed by atoms with van der Waals surface area (Å²) in [7, 11) is 1.63. The molecule has 0 aliphatic heterocycles. The number of hydrogen-bond acceptors (Lipinski definition) is 6. The maximum atomic E-state index is 5.93. The summed E-state index contributed by atoms with van der Waals surface area (Å²) >= 11 is 0. The monoisotopic (exact) mass is 281 g/mol. The van der Waals surface area contributed by atoms with Gasteiger partial charge in [-0.05, 0) is 36.4 Å². The van der Waals surface area contributed by atoms with Crippen molar-refractivity contribution in [3.05, 3.63) is 42.6 Å². The Morgan fingerprint density at radius 3 is 2.57 bits per heavy atom. The van der Waals surface area contributed by atoms with Gasteiger partial charge in [0.05, 0.1) is 24.5 Å². The van der Waals surface area contributed by atoms with E-state index in [4.69, 9.17) is 16.2 Å². The lowest BCUT2D eigenvalue weighted by Gasteiger charge is -2.08. The van der Waals surface area contributed by atoms with Gasteiger partial charge in [-0.25, -0.2) is 4.98 Å². The minimum absolute atomic E-state index is 0.510. The number of hydrogen-bond donors (Lipinski definition) is 3. The number of nitrogens with two attached hydrogens (primary N) is 2. The SMILES string of the molecule is COc1ccc(Nc2cnc3cc(N)cc(N)c3n2)cc1. The van der Waals surface area contributed by atoms with E-state index in [-0.39, 0.29) is 0 Å². The number of methoxy groups -OCH3 is 1. The molecule has 6 heteroatoms. The van der Waals surface area contributed by atoms with Gasteiger partial charge < -0.3 is 21.5 Å². The summed E-state index contributed by atoms with van der Waals surface area (Å²) < 4.78 is 5.12. The summed E-state index contributed by atoms with van der Waals surface area (Å²) in [4.78, 5) is 8.79. The van der Waals surface area contributed by atoms with E-state index in [1.165, 1.54) is 0 Å². The summed E-state index contributed by atoms with van der Waals surface area (Å²) in [6.07, 6.45) is 1.64. The molecule has 0 saturated heterocycles. The molecule has 6 nitrogen and oxygen atoms in total. The third-order valence-corrected chi connectivity index (χ3v) is 3.06. The number of nitrogen functional groups attached to an aromatic ring is 2. The van der Waals surface area contributed by atoms with Crippen molar-refractivity contribution < 1.29 is 4.74 Å². The Morgan fingerprint density at radius 1 is 1.10 bits per heavy atom. The van der Waals surface area contributed by atoms with Crippen LogP contribution in [0.4, 0.5) is 22.9 Å². The number of benzene rings is 2. The van der Waals surface area contributed by atoms with Crippen LogP contribution in [0.15, 0.2) is 42.6 Å². The van der Waals surface area contributed by atoms with Crippen molar-refractivity contribution in [1.82, 2.24) is 9.97 Å². The maximum Gasteiger partial charge on any atom is 0.149 e. The molecule has 0 fully saturated rings. The zero-order valence-electron chi connectivity index (χ0n) is 11.5. The molecule has 106 valence electrons. The third-order valence-electron chi connectivity index (χ3n) is 3.06. The molecule has 0 spiro atoms. The Bertz CT molecular complexity index is 786. The molecule has 3 rings (SSSR count). The van der Waals surface area contributed by atoms with Gasteiger partial charge in [0, 0.05) is 11.4 Å². The van der Waals surface area contributed by atoms with Crippen molar-refractivity contribution in [2.75, 3.05) is 23.9 Å². The van der Waals surface area contributed by atoms with Gasteiger partial charge in [0.1, 0.15) is 17.1 Å². The largest absolute Gasteiger partial charge is 0.497 e. The van der Waals surface area contributed by atoms with E-state index in [1.807, 2.05) is 24.3 Å². The van der Waals surface area contributed by atoms with Gasteiger partial charge in [-0.3, -0.25) is 4.98 Å². The van der Waals surface area contributed by atoms with Gasteiger partial charge in [0.2, 0.25) is 0 Å². The van der Waals surface area contributed by atoms with Gasteiger partial charge in [0.25, 0.3) is 0 Å². The predicted molar refractivity (Wildman–Crippen MR) is 84.6 cm³/mol. The molecule has 1 aromatic heterocycles. The van der Waals surface area contributed by atoms with Gasteiger partial charge in [-0.2, -0.15) is 0 Å². The topological polar surface area (TPSA) is 99.1 Å². The van der Waals surface area contributed by atoms with Crippen LogP contribution < -0.4 is 21.5 Å². The summed E-state index contributed by atoms with van der Waals surface area (Å²) in [5.74, 6) is 1.41. The number of anilines is 4. The third kappa shape index (κ3) is 2.64. The molecule has 0 aliphatic rings. The van der Waals surface area contributed by atoms with E-state index in [2.05, 4.69) is 15.3 Å². The molecule has 0 aliphatic carbocycles. The number of fused-ring (bicyclic) bond motifs is 1. The van der Waals surface area contributed by atoms with E-state index in [0.29, 0.717) is 28.2 Å². The molecule has 0 bridgehead atoms. The maximum absolute atomic E-state index is 5.93. The second-order valence-electron chi connectivity index (χ2n) is 4.59. The molecule has 0 atom stereocenters. The van der Waals surface area contributed by atoms with Crippen LogP contribution in [0.25, 0.3) is 11.0 Å². The fourth-order valence-electron chi connectivity index (χ4n) is 2.05. The quantitative estimate of drug-likeness (QED) is 0.638. The zero-order valence-corrected chi connectivity index (χ0v) is 11.5. The standard InChI is InChI=1S/C15H15N5O/c1-21-11-4-2-10(3-5-11)19-14-8-18-13-7-9(16)6-12(17)15(13)20-14/h2-8H,16-17H2,1H3,(H,19,20). The normalized spacial score (nSPS) is 10.5. The Labute approximate surface area is 121 Å². The van der Waals surface area contributed by atoms with Gasteiger partial charge >= 0.3 is 0 Å². The van der Waals surface area contributed by atoms with Crippen LogP contribution in [0.3, 0.4) is 0 Å². The number of ether oxygens (including phenoxy) is 1. The van der Waals surface area contributed by atoms with E-state index in [9.17, 15) is 0 Å². The number of nitrogens with zero attached hydrogens (tertiary/aromatic N) is 2. The van der Waals surface area contributed by atoms with Crippen LogP contribution in [0.1, 0.15) is 0 Å². The molecule has 3 aromatic rings. The number of nitrogens with one attached hydrogen (secondary N) is 1. The second-order valence-corrected chi connectivity index (χ2v) is 4.59. The zero-order chi connectivity index (χ0) is 14.8. The highest BCUT2D eigenvalue weighted by Gasteiger charge is 2.05. The van der Waals surface area contributed by atoms with Crippen LogP contribution in [-0.4, -0.2) is 17.1 Å². The van der Waals surface area contributed by atoms with E-state index in [1.54, 1.807) is 25.4 Å². The van der Waals surface area contributed by atoms with Crippen molar-refractivity contribution in [3.8, 4) is 5.75 Å². The predicted octanol–water partition coefficient (Wildman–Crippen LogP) is 2.55. The average Bonchev–Trinajstić information content (AvgIpc) is 2.48. The second kappa shape index (κ2) is 5.16. The first-order valence-electron chi connectivity index (χ1n) is 6.38. The first kappa shape index (κ1) is 13.0. The first-order chi connectivity index (χ1) is 10.2. The van der Waals surface area contributed by atoms with E-state index >= 15 is 0 Å². The van der Waals surface area contributed by atoms with Crippen molar-refractivity contribution in [2.45, 2.75) is 0 Å². The van der Waals surface area contributed by atoms with Crippen molar-refractivity contribution in [1.29, 1.82) is 0 Å². The van der Waals surface area contributed by atoms with Crippen LogP contribution in [0.2, 0.25) is 0 Å². The summed E-state index contributed by atoms with van der Waals surface area (Å²) in [5.41, 5.74) is 14.9. The highest BCUT2D eigenvalue weighted by molar-refractivity contribution is 5.90. The number of aromatic nitrogens is 2. The fraction of sp³-hybridized carbons (Fsp3) is 0.0667. The molecule has 2 aromatic carbocycles. The fourth-order valence-corrected chi connectivity index (χ4v) is 2.05. The van der Waals surface area contributed by atoms with Crippen molar-refractivity contribution in [3.63, 3.8) is 0 Å². The lowest BCUT2D eigenvalue weighted by molar-refractivity contribution is 0.415. The lowest BCUT2D eigenvalue weighted by Crippen LogP contribution is -1.99. The van der Waals surface area contributed by atoms with Crippen molar-refractivity contribution in [2.24, 2.45) is 0 Å². The summed E-state index contributed by atoms with van der Waals surface area (Å²) in [6.45, 7) is 0. The van der Waals surface area contributed by atoms with Gasteiger partial charge in [-0.15, -0.1) is 0 Å². The average molecular weight is 281 g/mol. The first-order valence-corrected chi connectivity index (χ1v) is 6.38. The van der Waals surface area contributed by atoms with Gasteiger partial charge in [0.15, 0.2) is 0 Å². The Hall–Kier alpha value is -3.02. The smallest absolute Gasteiger partial charge is 0.149 e. The molecule has 0 amide bonds. The molecule has 21 heavy (non-hydrogen) atoms. The summed E-state index contributed by atoms with van der Waals surface area (Å²) in [5, 5.41) is 3.17.